The molecule has 7 heteroatoms. The van der Waals surface area contributed by atoms with Gasteiger partial charge in [0, 0.05) is 24.3 Å². The molecular weight excluding hydrogens is 366 g/mol. The first-order valence-corrected chi connectivity index (χ1v) is 10.7. The highest BCUT2D eigenvalue weighted by molar-refractivity contribution is 7.93. The van der Waals surface area contributed by atoms with Gasteiger partial charge in [-0.1, -0.05) is 30.3 Å². The van der Waals surface area contributed by atoms with Crippen molar-refractivity contribution < 1.29 is 8.42 Å². The summed E-state index contributed by atoms with van der Waals surface area (Å²) in [6.45, 7) is 0. The van der Waals surface area contributed by atoms with E-state index in [4.69, 9.17) is 0 Å². The maximum atomic E-state index is 12.8. The van der Waals surface area contributed by atoms with Crippen molar-refractivity contribution in [3.8, 4) is 0 Å². The van der Waals surface area contributed by atoms with Gasteiger partial charge in [-0.2, -0.15) is 0 Å². The average molecular weight is 386 g/mol. The molecule has 134 valence electrons. The number of hydrogen-bond donors (Lipinski definition) is 0. The van der Waals surface area contributed by atoms with Crippen LogP contribution >= 0.6 is 11.3 Å². The van der Waals surface area contributed by atoms with Crippen LogP contribution in [0.4, 0.5) is 5.13 Å². The number of hydrogen-bond acceptors (Lipinski definition) is 5. The Kier molecular flexibility index (Phi) is 4.50. The number of aromatic nitrogens is 2. The molecule has 0 aliphatic heterocycles. The first-order valence-electron chi connectivity index (χ1n) is 8.48. The van der Waals surface area contributed by atoms with E-state index in [1.807, 2.05) is 6.07 Å². The minimum Gasteiger partial charge on any atom is -0.263 e. The predicted molar refractivity (Wildman–Crippen MR) is 103 cm³/mol. The van der Waals surface area contributed by atoms with Crippen LogP contribution in [0.3, 0.4) is 0 Å². The summed E-state index contributed by atoms with van der Waals surface area (Å²) in [5, 5.41) is 0.521. The Labute approximate surface area is 157 Å². The fraction of sp³-hybridized carbons (Fsp3) is 0.263. The monoisotopic (exact) mass is 385 g/mol. The molecule has 5 nitrogen and oxygen atoms in total. The topological polar surface area (TPSA) is 63.2 Å². The second-order valence-electron chi connectivity index (χ2n) is 6.38. The summed E-state index contributed by atoms with van der Waals surface area (Å²) >= 11 is 1.48. The van der Waals surface area contributed by atoms with Gasteiger partial charge in [0.15, 0.2) is 5.13 Å². The van der Waals surface area contributed by atoms with E-state index in [1.54, 1.807) is 25.4 Å². The van der Waals surface area contributed by atoms with Gasteiger partial charge < -0.3 is 0 Å². The van der Waals surface area contributed by atoms with Crippen LogP contribution < -0.4 is 4.31 Å². The van der Waals surface area contributed by atoms with Crippen LogP contribution in [-0.2, 0) is 22.9 Å². The lowest BCUT2D eigenvalue weighted by Crippen LogP contribution is -2.26. The smallest absolute Gasteiger partial charge is 0.263 e. The second-order valence-corrected chi connectivity index (χ2v) is 9.41. The Hall–Kier alpha value is -2.25. The number of sulfonamides is 1. The second kappa shape index (κ2) is 6.81. The molecule has 1 aliphatic rings. The van der Waals surface area contributed by atoms with Crippen molar-refractivity contribution in [2.45, 2.75) is 30.1 Å². The van der Waals surface area contributed by atoms with Crippen LogP contribution in [0.25, 0.3) is 0 Å². The van der Waals surface area contributed by atoms with Crippen molar-refractivity contribution in [2.24, 2.45) is 0 Å². The first kappa shape index (κ1) is 17.2. The summed E-state index contributed by atoms with van der Waals surface area (Å²) < 4.78 is 26.8. The molecule has 26 heavy (non-hydrogen) atoms. The lowest BCUT2D eigenvalue weighted by Gasteiger charge is -2.21. The molecule has 2 heterocycles. The van der Waals surface area contributed by atoms with E-state index >= 15 is 0 Å². The fourth-order valence-corrected chi connectivity index (χ4v) is 5.73. The number of rotatable bonds is 4. The highest BCUT2D eigenvalue weighted by Gasteiger charge is 2.28. The number of benzene rings is 1. The Bertz CT molecular complexity index is 1000. The molecular formula is C19H19N3O2S2. The zero-order valence-corrected chi connectivity index (χ0v) is 16.0. The molecule has 0 radical (unpaired) electrons. The Morgan fingerprint density at radius 1 is 1.15 bits per heavy atom. The van der Waals surface area contributed by atoms with Crippen LogP contribution in [0.2, 0.25) is 0 Å². The molecule has 0 amide bonds. The third kappa shape index (κ3) is 3.12. The molecule has 0 saturated carbocycles. The zero-order valence-electron chi connectivity index (χ0n) is 14.4. The number of pyridine rings is 1. The van der Waals surface area contributed by atoms with Gasteiger partial charge in [-0.05, 0) is 42.9 Å². The predicted octanol–water partition coefficient (Wildman–Crippen LogP) is 3.64. The highest BCUT2D eigenvalue weighted by Crippen LogP contribution is 2.38. The summed E-state index contributed by atoms with van der Waals surface area (Å²) in [6.07, 6.45) is 5.76. The summed E-state index contributed by atoms with van der Waals surface area (Å²) in [6, 6.07) is 13.7. The van der Waals surface area contributed by atoms with E-state index in [0.717, 1.165) is 25.0 Å². The molecule has 3 aromatic rings. The minimum atomic E-state index is -3.64. The first-order chi connectivity index (χ1) is 12.6. The number of aryl methyl sites for hydroxylation is 1. The van der Waals surface area contributed by atoms with Crippen molar-refractivity contribution in [2.75, 3.05) is 11.4 Å². The molecule has 0 unspecified atom stereocenters. The van der Waals surface area contributed by atoms with Crippen LogP contribution in [0, 0.1) is 0 Å². The molecule has 2 aromatic heterocycles. The molecule has 0 saturated heterocycles. The van der Waals surface area contributed by atoms with Crippen LogP contribution in [0.1, 0.15) is 28.5 Å². The van der Waals surface area contributed by atoms with E-state index in [1.165, 1.54) is 32.3 Å². The third-order valence-electron chi connectivity index (χ3n) is 4.76. The van der Waals surface area contributed by atoms with Crippen LogP contribution in [0.5, 0.6) is 0 Å². The summed E-state index contributed by atoms with van der Waals surface area (Å²) in [5.41, 5.74) is 2.37. The maximum absolute atomic E-state index is 12.8. The number of thiazole rings is 1. The number of anilines is 1. The van der Waals surface area contributed by atoms with E-state index in [-0.39, 0.29) is 4.90 Å². The Morgan fingerprint density at radius 3 is 2.69 bits per heavy atom. The van der Waals surface area contributed by atoms with Gasteiger partial charge in [-0.15, -0.1) is 11.3 Å². The molecule has 0 bridgehead atoms. The molecule has 0 fully saturated rings. The average Bonchev–Trinajstić information content (AvgIpc) is 3.12. The van der Waals surface area contributed by atoms with E-state index in [0.29, 0.717) is 11.0 Å². The van der Waals surface area contributed by atoms with Crippen molar-refractivity contribution in [1.29, 1.82) is 0 Å². The van der Waals surface area contributed by atoms with Gasteiger partial charge in [0.05, 0.1) is 5.69 Å². The van der Waals surface area contributed by atoms with Gasteiger partial charge in [-0.3, -0.25) is 4.98 Å². The van der Waals surface area contributed by atoms with Crippen molar-refractivity contribution in [3.05, 3.63) is 71.0 Å². The Balaban J connectivity index is 1.60. The highest BCUT2D eigenvalue weighted by atomic mass is 32.2. The third-order valence-corrected chi connectivity index (χ3v) is 7.80. The van der Waals surface area contributed by atoms with Gasteiger partial charge >= 0.3 is 0 Å². The standard InChI is InChI=1S/C19H19N3O2S2/c1-22(26(23,24)16-8-5-11-20-13-16)19-21-17-10-9-15(12-18(17)25-19)14-6-3-2-4-7-14/h2-8,11,13,15H,9-10,12H2,1H3/t15-/m1/s1. The van der Waals surface area contributed by atoms with Crippen LogP contribution in [-0.4, -0.2) is 25.4 Å². The van der Waals surface area contributed by atoms with Crippen molar-refractivity contribution in [1.82, 2.24) is 9.97 Å². The van der Waals surface area contributed by atoms with Gasteiger partial charge in [0.1, 0.15) is 4.90 Å². The van der Waals surface area contributed by atoms with Crippen molar-refractivity contribution in [3.63, 3.8) is 0 Å². The van der Waals surface area contributed by atoms with Crippen molar-refractivity contribution >= 4 is 26.5 Å². The maximum Gasteiger partial charge on any atom is 0.267 e. The summed E-state index contributed by atoms with van der Waals surface area (Å²) in [4.78, 5) is 9.90. The van der Waals surface area contributed by atoms with Gasteiger partial charge in [0.25, 0.3) is 10.0 Å². The SMILES string of the molecule is CN(c1nc2c(s1)C[C@H](c1ccccc1)CC2)S(=O)(=O)c1cccnc1. The van der Waals surface area contributed by atoms with Gasteiger partial charge in [-0.25, -0.2) is 17.7 Å². The minimum absolute atomic E-state index is 0.179. The zero-order chi connectivity index (χ0) is 18.1. The molecule has 0 N–H and O–H groups in total. The number of fused-ring (bicyclic) bond motifs is 1. The normalized spacial score (nSPS) is 16.9. The lowest BCUT2D eigenvalue weighted by molar-refractivity contribution is 0.584. The molecule has 1 aliphatic carbocycles. The molecule has 1 atom stereocenters. The summed E-state index contributed by atoms with van der Waals surface area (Å²) in [5.74, 6) is 0.470. The van der Waals surface area contributed by atoms with Crippen LogP contribution in [0.15, 0.2) is 59.8 Å². The van der Waals surface area contributed by atoms with E-state index in [9.17, 15) is 8.42 Å². The molecule has 1 aromatic carbocycles. The molecule has 4 rings (SSSR count). The molecule has 0 spiro atoms. The fourth-order valence-electron chi connectivity index (χ4n) is 3.27. The number of nitrogens with zero attached hydrogens (tertiary/aromatic N) is 3. The quantitative estimate of drug-likeness (QED) is 0.688. The van der Waals surface area contributed by atoms with E-state index in [2.05, 4.69) is 34.2 Å². The van der Waals surface area contributed by atoms with Gasteiger partial charge in [0.2, 0.25) is 0 Å². The largest absolute Gasteiger partial charge is 0.267 e. The summed E-state index contributed by atoms with van der Waals surface area (Å²) in [7, 11) is -2.08. The lowest BCUT2D eigenvalue weighted by atomic mass is 9.85. The Morgan fingerprint density at radius 2 is 1.96 bits per heavy atom. The van der Waals surface area contributed by atoms with E-state index < -0.39 is 10.0 Å².